The molecule has 1 saturated heterocycles. The van der Waals surface area contributed by atoms with Crippen molar-refractivity contribution in [1.82, 2.24) is 30.1 Å². The first-order chi connectivity index (χ1) is 18.0. The summed E-state index contributed by atoms with van der Waals surface area (Å²) in [5.74, 6) is -1.97. The SMILES string of the molecule is CC(C)[C@H](NC(=O)c1nc2ccccc2[nH]c1=O)C(=O)N1CCN(C(=O)c2ccc(C(F)(F)F)nc2)CC1. The van der Waals surface area contributed by atoms with E-state index in [2.05, 4.69) is 20.3 Å². The van der Waals surface area contributed by atoms with E-state index in [-0.39, 0.29) is 49.3 Å². The number of para-hydroxylation sites is 2. The van der Waals surface area contributed by atoms with Gasteiger partial charge in [-0.1, -0.05) is 26.0 Å². The van der Waals surface area contributed by atoms with E-state index in [4.69, 9.17) is 0 Å². The zero-order valence-corrected chi connectivity index (χ0v) is 20.6. The van der Waals surface area contributed by atoms with Crippen molar-refractivity contribution in [3.8, 4) is 0 Å². The van der Waals surface area contributed by atoms with Crippen molar-refractivity contribution in [2.75, 3.05) is 26.2 Å². The van der Waals surface area contributed by atoms with Crippen molar-refractivity contribution in [2.24, 2.45) is 5.92 Å². The van der Waals surface area contributed by atoms with Crippen LogP contribution < -0.4 is 10.9 Å². The van der Waals surface area contributed by atoms with Crippen molar-refractivity contribution in [3.05, 3.63) is 69.9 Å². The van der Waals surface area contributed by atoms with Crippen molar-refractivity contribution in [3.63, 3.8) is 0 Å². The Hall–Kier alpha value is -4.29. The number of nitrogens with zero attached hydrogens (tertiary/aromatic N) is 4. The normalized spacial score (nSPS) is 15.0. The molecule has 3 heterocycles. The van der Waals surface area contributed by atoms with Gasteiger partial charge < -0.3 is 20.1 Å². The molecular weight excluding hydrogens is 505 g/mol. The number of benzene rings is 1. The summed E-state index contributed by atoms with van der Waals surface area (Å²) in [5.41, 5.74) is -1.21. The lowest BCUT2D eigenvalue weighted by Gasteiger charge is -2.37. The number of hydrogen-bond donors (Lipinski definition) is 2. The molecule has 10 nitrogen and oxygen atoms in total. The Morgan fingerprint density at radius 2 is 1.66 bits per heavy atom. The molecule has 0 radical (unpaired) electrons. The minimum Gasteiger partial charge on any atom is -0.338 e. The number of carbonyl (C=O) groups is 3. The van der Waals surface area contributed by atoms with Crippen LogP contribution in [0.15, 0.2) is 47.4 Å². The van der Waals surface area contributed by atoms with Crippen molar-refractivity contribution >= 4 is 28.8 Å². The second-order valence-corrected chi connectivity index (χ2v) is 9.17. The van der Waals surface area contributed by atoms with Crippen LogP contribution in [0.4, 0.5) is 13.2 Å². The highest BCUT2D eigenvalue weighted by atomic mass is 19.4. The predicted molar refractivity (Wildman–Crippen MR) is 130 cm³/mol. The number of pyridine rings is 1. The third kappa shape index (κ3) is 5.66. The fraction of sp³-hybridized carbons (Fsp3) is 0.360. The summed E-state index contributed by atoms with van der Waals surface area (Å²) in [6.45, 7) is 4.11. The summed E-state index contributed by atoms with van der Waals surface area (Å²) in [5, 5.41) is 2.62. The van der Waals surface area contributed by atoms with Crippen LogP contribution in [0.2, 0.25) is 0 Å². The van der Waals surface area contributed by atoms with Crippen LogP contribution >= 0.6 is 0 Å². The number of halogens is 3. The average molecular weight is 531 g/mol. The molecule has 0 unspecified atom stereocenters. The maximum atomic E-state index is 13.3. The fourth-order valence-electron chi connectivity index (χ4n) is 4.10. The number of H-pyrrole nitrogens is 1. The maximum Gasteiger partial charge on any atom is 0.433 e. The number of rotatable bonds is 5. The Balaban J connectivity index is 1.40. The lowest BCUT2D eigenvalue weighted by molar-refractivity contribution is -0.141. The Labute approximate surface area is 214 Å². The second kappa shape index (κ2) is 10.6. The van der Waals surface area contributed by atoms with Gasteiger partial charge in [-0.3, -0.25) is 24.2 Å². The van der Waals surface area contributed by atoms with Crippen molar-refractivity contribution in [1.29, 1.82) is 0 Å². The lowest BCUT2D eigenvalue weighted by Crippen LogP contribution is -2.57. The molecule has 1 aliphatic rings. The second-order valence-electron chi connectivity index (χ2n) is 9.17. The van der Waals surface area contributed by atoms with Crippen molar-refractivity contribution in [2.45, 2.75) is 26.1 Å². The Kier molecular flexibility index (Phi) is 7.46. The third-order valence-electron chi connectivity index (χ3n) is 6.21. The first kappa shape index (κ1) is 26.8. The number of nitrogens with one attached hydrogen (secondary N) is 2. The Morgan fingerprint density at radius 1 is 1.00 bits per heavy atom. The van der Waals surface area contributed by atoms with E-state index in [9.17, 15) is 32.3 Å². The Morgan fingerprint density at radius 3 is 2.26 bits per heavy atom. The van der Waals surface area contributed by atoms with Crippen molar-refractivity contribution < 1.29 is 27.6 Å². The number of fused-ring (bicyclic) bond motifs is 1. The molecule has 3 aromatic rings. The summed E-state index contributed by atoms with van der Waals surface area (Å²) in [6.07, 6.45) is -3.72. The predicted octanol–water partition coefficient (Wildman–Crippen LogP) is 2.08. The van der Waals surface area contributed by atoms with Crippen LogP contribution in [-0.2, 0) is 11.0 Å². The molecule has 1 aromatic carbocycles. The molecule has 1 fully saturated rings. The highest BCUT2D eigenvalue weighted by Gasteiger charge is 2.34. The smallest absolute Gasteiger partial charge is 0.338 e. The first-order valence-electron chi connectivity index (χ1n) is 11.9. The quantitative estimate of drug-likeness (QED) is 0.520. The molecule has 13 heteroatoms. The van der Waals surface area contributed by atoms with Crippen LogP contribution in [-0.4, -0.2) is 74.7 Å². The summed E-state index contributed by atoms with van der Waals surface area (Å²) in [6, 6.07) is 7.62. The van der Waals surface area contributed by atoms with Crippen LogP contribution in [0.5, 0.6) is 0 Å². The van der Waals surface area contributed by atoms with Gasteiger partial charge in [-0.25, -0.2) is 4.98 Å². The van der Waals surface area contributed by atoms with Gasteiger partial charge in [0.25, 0.3) is 17.4 Å². The standard InChI is InChI=1S/C25H25F3N6O4/c1-14(2)19(32-22(36)20-21(35)31-17-6-4-3-5-16(17)30-20)24(38)34-11-9-33(10-12-34)23(37)15-7-8-18(29-13-15)25(26,27)28/h3-8,13-14,19H,9-12H2,1-2H3,(H,31,35)(H,32,36)/t19-/m0/s1. The molecule has 0 aliphatic carbocycles. The van der Waals surface area contributed by atoms with Gasteiger partial charge in [0.1, 0.15) is 11.7 Å². The molecule has 4 rings (SSSR count). The van der Waals surface area contributed by atoms with Gasteiger partial charge >= 0.3 is 6.18 Å². The van der Waals surface area contributed by atoms with Crippen LogP contribution in [0, 0.1) is 5.92 Å². The third-order valence-corrected chi connectivity index (χ3v) is 6.21. The van der Waals surface area contributed by atoms with E-state index in [0.29, 0.717) is 11.0 Å². The highest BCUT2D eigenvalue weighted by molar-refractivity contribution is 5.97. The number of hydrogen-bond acceptors (Lipinski definition) is 6. The minimum absolute atomic E-state index is 0.0122. The first-order valence-corrected chi connectivity index (χ1v) is 11.9. The summed E-state index contributed by atoms with van der Waals surface area (Å²) in [7, 11) is 0. The van der Waals surface area contributed by atoms with E-state index in [0.717, 1.165) is 18.3 Å². The van der Waals surface area contributed by atoms with E-state index in [1.165, 1.54) is 9.80 Å². The van der Waals surface area contributed by atoms with E-state index < -0.39 is 35.3 Å². The number of piperazine rings is 1. The van der Waals surface area contributed by atoms with E-state index in [1.807, 2.05) is 0 Å². The lowest BCUT2D eigenvalue weighted by atomic mass is 10.0. The number of carbonyl (C=O) groups excluding carboxylic acids is 3. The van der Waals surface area contributed by atoms with Gasteiger partial charge in [0.2, 0.25) is 5.91 Å². The summed E-state index contributed by atoms with van der Waals surface area (Å²) >= 11 is 0. The number of alkyl halides is 3. The topological polar surface area (TPSA) is 128 Å². The monoisotopic (exact) mass is 530 g/mol. The Bertz CT molecular complexity index is 1410. The fourth-order valence-corrected chi connectivity index (χ4v) is 4.10. The molecule has 0 saturated carbocycles. The zero-order valence-electron chi connectivity index (χ0n) is 20.6. The van der Waals surface area contributed by atoms with Crippen LogP contribution in [0.3, 0.4) is 0 Å². The van der Waals surface area contributed by atoms with Gasteiger partial charge in [0.15, 0.2) is 5.69 Å². The molecule has 0 spiro atoms. The summed E-state index contributed by atoms with van der Waals surface area (Å²) < 4.78 is 38.2. The van der Waals surface area contributed by atoms with E-state index in [1.54, 1.807) is 38.1 Å². The van der Waals surface area contributed by atoms with Gasteiger partial charge in [-0.15, -0.1) is 0 Å². The molecule has 2 aromatic heterocycles. The number of aromatic nitrogens is 3. The molecule has 200 valence electrons. The van der Waals surface area contributed by atoms with Crippen LogP contribution in [0.25, 0.3) is 11.0 Å². The highest BCUT2D eigenvalue weighted by Crippen LogP contribution is 2.27. The molecule has 3 amide bonds. The summed E-state index contributed by atoms with van der Waals surface area (Å²) in [4.78, 5) is 64.3. The molecule has 0 bridgehead atoms. The number of amides is 3. The minimum atomic E-state index is -4.60. The molecule has 1 aliphatic heterocycles. The van der Waals surface area contributed by atoms with Gasteiger partial charge in [0, 0.05) is 32.4 Å². The zero-order chi connectivity index (χ0) is 27.6. The van der Waals surface area contributed by atoms with Gasteiger partial charge in [0.05, 0.1) is 16.6 Å². The van der Waals surface area contributed by atoms with E-state index >= 15 is 0 Å². The average Bonchev–Trinajstić information content (AvgIpc) is 2.90. The molecule has 1 atom stereocenters. The van der Waals surface area contributed by atoms with Gasteiger partial charge in [-0.05, 0) is 30.2 Å². The number of aromatic amines is 1. The maximum absolute atomic E-state index is 13.3. The van der Waals surface area contributed by atoms with Crippen LogP contribution in [0.1, 0.15) is 40.4 Å². The molecule has 2 N–H and O–H groups in total. The largest absolute Gasteiger partial charge is 0.433 e. The molecular formula is C25H25F3N6O4. The molecule has 38 heavy (non-hydrogen) atoms. The van der Waals surface area contributed by atoms with Gasteiger partial charge in [-0.2, -0.15) is 13.2 Å².